The second-order valence-electron chi connectivity index (χ2n) is 6.25. The molecule has 0 aromatic heterocycles. The van der Waals surface area contributed by atoms with Gasteiger partial charge in [0.25, 0.3) is 5.69 Å². The van der Waals surface area contributed by atoms with Gasteiger partial charge < -0.3 is 9.47 Å². The SMILES string of the molecule is O=C1OC(c2ccc(Oc3ccccc3)cc2)=C/C1=C\c1ccccc1[N+](=O)[O-]. The first-order chi connectivity index (χ1) is 14.1. The van der Waals surface area contributed by atoms with Crippen LogP contribution in [0.25, 0.3) is 11.8 Å². The van der Waals surface area contributed by atoms with E-state index in [-0.39, 0.29) is 11.3 Å². The Kier molecular flexibility index (Phi) is 4.90. The van der Waals surface area contributed by atoms with Crippen LogP contribution in [-0.4, -0.2) is 10.9 Å². The second-order valence-corrected chi connectivity index (χ2v) is 6.25. The van der Waals surface area contributed by atoms with Gasteiger partial charge in [0.2, 0.25) is 0 Å². The summed E-state index contributed by atoms with van der Waals surface area (Å²) >= 11 is 0. The van der Waals surface area contributed by atoms with Gasteiger partial charge in [0, 0.05) is 11.6 Å². The Hall–Kier alpha value is -4.19. The van der Waals surface area contributed by atoms with E-state index in [4.69, 9.17) is 9.47 Å². The quantitative estimate of drug-likeness (QED) is 0.255. The number of benzene rings is 3. The van der Waals surface area contributed by atoms with E-state index in [1.54, 1.807) is 48.5 Å². The minimum absolute atomic E-state index is 0.0722. The van der Waals surface area contributed by atoms with Crippen molar-refractivity contribution in [1.29, 1.82) is 0 Å². The Morgan fingerprint density at radius 1 is 0.862 bits per heavy atom. The molecule has 3 aromatic carbocycles. The summed E-state index contributed by atoms with van der Waals surface area (Å²) in [5, 5.41) is 11.2. The van der Waals surface area contributed by atoms with Crippen LogP contribution in [0.2, 0.25) is 0 Å². The highest BCUT2D eigenvalue weighted by atomic mass is 16.6. The molecule has 0 N–H and O–H groups in total. The number of para-hydroxylation sites is 2. The maximum absolute atomic E-state index is 12.2. The molecule has 0 spiro atoms. The number of nitro benzene ring substituents is 1. The summed E-state index contributed by atoms with van der Waals surface area (Å²) in [4.78, 5) is 22.9. The van der Waals surface area contributed by atoms with E-state index in [1.807, 2.05) is 30.3 Å². The molecule has 142 valence electrons. The zero-order valence-corrected chi connectivity index (χ0v) is 15.1. The Labute approximate surface area is 166 Å². The fraction of sp³-hybridized carbons (Fsp3) is 0. The molecule has 0 amide bonds. The van der Waals surface area contributed by atoms with Gasteiger partial charge in [-0.2, -0.15) is 0 Å². The zero-order valence-electron chi connectivity index (χ0n) is 15.1. The van der Waals surface area contributed by atoms with Gasteiger partial charge in [0.1, 0.15) is 17.3 Å². The van der Waals surface area contributed by atoms with Crippen LogP contribution in [0.1, 0.15) is 11.1 Å². The van der Waals surface area contributed by atoms with E-state index < -0.39 is 10.9 Å². The van der Waals surface area contributed by atoms with Crippen LogP contribution in [0, 0.1) is 10.1 Å². The lowest BCUT2D eigenvalue weighted by atomic mass is 10.1. The van der Waals surface area contributed by atoms with Gasteiger partial charge in [0.05, 0.1) is 16.1 Å². The average Bonchev–Trinajstić information content (AvgIpc) is 3.10. The lowest BCUT2D eigenvalue weighted by molar-refractivity contribution is -0.385. The molecule has 0 atom stereocenters. The van der Waals surface area contributed by atoms with E-state index in [0.717, 1.165) is 5.75 Å². The molecule has 0 saturated carbocycles. The number of ether oxygens (including phenoxy) is 2. The van der Waals surface area contributed by atoms with Crippen LogP contribution in [0.3, 0.4) is 0 Å². The third-order valence-corrected chi connectivity index (χ3v) is 4.29. The number of carbonyl (C=O) groups is 1. The van der Waals surface area contributed by atoms with Crippen LogP contribution < -0.4 is 4.74 Å². The predicted octanol–water partition coefficient (Wildman–Crippen LogP) is 5.37. The van der Waals surface area contributed by atoms with Crippen molar-refractivity contribution in [1.82, 2.24) is 0 Å². The Bertz CT molecular complexity index is 1130. The minimum Gasteiger partial charge on any atom is -0.457 e. The highest BCUT2D eigenvalue weighted by Crippen LogP contribution is 2.31. The van der Waals surface area contributed by atoms with Crippen molar-refractivity contribution in [2.75, 3.05) is 0 Å². The number of nitro groups is 1. The van der Waals surface area contributed by atoms with Gasteiger partial charge in [-0.25, -0.2) is 4.79 Å². The number of esters is 1. The fourth-order valence-corrected chi connectivity index (χ4v) is 2.89. The highest BCUT2D eigenvalue weighted by molar-refractivity contribution is 6.05. The lowest BCUT2D eigenvalue weighted by Gasteiger charge is -2.06. The minimum atomic E-state index is -0.553. The van der Waals surface area contributed by atoms with Crippen molar-refractivity contribution in [2.24, 2.45) is 0 Å². The van der Waals surface area contributed by atoms with E-state index in [2.05, 4.69) is 0 Å². The number of nitrogens with zero attached hydrogens (tertiary/aromatic N) is 1. The molecule has 1 aliphatic heterocycles. The number of cyclic esters (lactones) is 1. The third-order valence-electron chi connectivity index (χ3n) is 4.29. The van der Waals surface area contributed by atoms with Crippen molar-refractivity contribution >= 4 is 23.5 Å². The van der Waals surface area contributed by atoms with Crippen LogP contribution >= 0.6 is 0 Å². The summed E-state index contributed by atoms with van der Waals surface area (Å²) in [6.07, 6.45) is 3.03. The molecule has 1 heterocycles. The molecule has 1 aliphatic rings. The standard InChI is InChI=1S/C23H15NO5/c25-23-18(14-17-6-4-5-9-21(17)24(26)27)15-22(29-23)16-10-12-20(13-11-16)28-19-7-2-1-3-8-19/h1-15H/b18-14+. The van der Waals surface area contributed by atoms with Gasteiger partial charge in [-0.3, -0.25) is 10.1 Å². The normalized spacial score (nSPS) is 14.4. The van der Waals surface area contributed by atoms with Gasteiger partial charge in [-0.05, 0) is 54.6 Å². The van der Waals surface area contributed by atoms with Gasteiger partial charge in [0.15, 0.2) is 0 Å². The summed E-state index contributed by atoms with van der Waals surface area (Å²) < 4.78 is 11.1. The number of hydrogen-bond donors (Lipinski definition) is 0. The summed E-state index contributed by atoms with van der Waals surface area (Å²) in [6, 6.07) is 22.7. The molecule has 6 heteroatoms. The van der Waals surface area contributed by atoms with E-state index >= 15 is 0 Å². The molecule has 0 saturated heterocycles. The molecule has 0 fully saturated rings. The van der Waals surface area contributed by atoms with Gasteiger partial charge in [-0.1, -0.05) is 30.3 Å². The average molecular weight is 385 g/mol. The monoisotopic (exact) mass is 385 g/mol. The lowest BCUT2D eigenvalue weighted by Crippen LogP contribution is -1.98. The fourth-order valence-electron chi connectivity index (χ4n) is 2.89. The topological polar surface area (TPSA) is 78.7 Å². The van der Waals surface area contributed by atoms with Crippen LogP contribution in [-0.2, 0) is 9.53 Å². The molecule has 29 heavy (non-hydrogen) atoms. The van der Waals surface area contributed by atoms with Gasteiger partial charge in [-0.15, -0.1) is 0 Å². The van der Waals surface area contributed by atoms with Crippen molar-refractivity contribution in [3.8, 4) is 11.5 Å². The maximum Gasteiger partial charge on any atom is 0.343 e. The van der Waals surface area contributed by atoms with Crippen LogP contribution in [0.15, 0.2) is 90.5 Å². The first kappa shape index (κ1) is 18.2. The number of hydrogen-bond acceptors (Lipinski definition) is 5. The number of carbonyl (C=O) groups excluding carboxylic acids is 1. The summed E-state index contributed by atoms with van der Waals surface area (Å²) in [5.74, 6) is 1.20. The molecule has 0 radical (unpaired) electrons. The number of rotatable bonds is 5. The molecule has 0 bridgehead atoms. The molecular formula is C23H15NO5. The molecule has 3 aromatic rings. The van der Waals surface area contributed by atoms with Crippen LogP contribution in [0.4, 0.5) is 5.69 Å². The maximum atomic E-state index is 12.2. The molecule has 0 aliphatic carbocycles. The molecule has 0 unspecified atom stereocenters. The molecule has 6 nitrogen and oxygen atoms in total. The third kappa shape index (κ3) is 4.06. The smallest absolute Gasteiger partial charge is 0.343 e. The molecular weight excluding hydrogens is 370 g/mol. The van der Waals surface area contributed by atoms with Crippen molar-refractivity contribution in [3.63, 3.8) is 0 Å². The first-order valence-corrected chi connectivity index (χ1v) is 8.82. The van der Waals surface area contributed by atoms with E-state index in [9.17, 15) is 14.9 Å². The Morgan fingerprint density at radius 2 is 1.52 bits per heavy atom. The summed E-state index contributed by atoms with van der Waals surface area (Å²) in [7, 11) is 0. The highest BCUT2D eigenvalue weighted by Gasteiger charge is 2.23. The zero-order chi connectivity index (χ0) is 20.2. The largest absolute Gasteiger partial charge is 0.457 e. The summed E-state index contributed by atoms with van der Waals surface area (Å²) in [6.45, 7) is 0. The summed E-state index contributed by atoms with van der Waals surface area (Å²) in [5.41, 5.74) is 1.22. The Morgan fingerprint density at radius 3 is 2.24 bits per heavy atom. The van der Waals surface area contributed by atoms with Gasteiger partial charge >= 0.3 is 5.97 Å². The Balaban J connectivity index is 1.57. The first-order valence-electron chi connectivity index (χ1n) is 8.82. The van der Waals surface area contributed by atoms with Crippen molar-refractivity contribution < 1.29 is 19.2 Å². The second kappa shape index (κ2) is 7.82. The van der Waals surface area contributed by atoms with E-state index in [0.29, 0.717) is 22.6 Å². The molecule has 4 rings (SSSR count). The van der Waals surface area contributed by atoms with Crippen molar-refractivity contribution in [3.05, 3.63) is 112 Å². The van der Waals surface area contributed by atoms with Crippen molar-refractivity contribution in [2.45, 2.75) is 0 Å². The van der Waals surface area contributed by atoms with Crippen LogP contribution in [0.5, 0.6) is 11.5 Å². The predicted molar refractivity (Wildman–Crippen MR) is 108 cm³/mol. The van der Waals surface area contributed by atoms with E-state index in [1.165, 1.54) is 12.1 Å².